The van der Waals surface area contributed by atoms with E-state index in [9.17, 15) is 9.18 Å². The Hall–Kier alpha value is -1.69. The predicted octanol–water partition coefficient (Wildman–Crippen LogP) is 2.98. The van der Waals surface area contributed by atoms with Crippen molar-refractivity contribution in [3.05, 3.63) is 51.5 Å². The standard InChI is InChI=1S/C14H15BrFN3O/c1-9-10(8-18-19-9)3-2-6-17-14(20)12-7-11(16)4-5-13(12)15/h4-5,7-8H,2-3,6H2,1H3,(H,17,20)(H,18,19). The number of carbonyl (C=O) groups is 1. The molecule has 0 saturated carbocycles. The highest BCUT2D eigenvalue weighted by atomic mass is 79.9. The average molecular weight is 340 g/mol. The summed E-state index contributed by atoms with van der Waals surface area (Å²) in [5.41, 5.74) is 2.50. The molecule has 0 spiro atoms. The first-order chi connectivity index (χ1) is 9.58. The predicted molar refractivity (Wildman–Crippen MR) is 78.1 cm³/mol. The van der Waals surface area contributed by atoms with Crippen LogP contribution in [-0.2, 0) is 6.42 Å². The van der Waals surface area contributed by atoms with Gasteiger partial charge < -0.3 is 5.32 Å². The monoisotopic (exact) mass is 339 g/mol. The van der Waals surface area contributed by atoms with Crippen LogP contribution in [0.15, 0.2) is 28.9 Å². The SMILES string of the molecule is Cc1[nH]ncc1CCCNC(=O)c1cc(F)ccc1Br. The number of carbonyl (C=O) groups excluding carboxylic acids is 1. The average Bonchev–Trinajstić information content (AvgIpc) is 2.83. The largest absolute Gasteiger partial charge is 0.352 e. The highest BCUT2D eigenvalue weighted by molar-refractivity contribution is 9.10. The van der Waals surface area contributed by atoms with Crippen LogP contribution in [0.5, 0.6) is 0 Å². The smallest absolute Gasteiger partial charge is 0.252 e. The van der Waals surface area contributed by atoms with E-state index >= 15 is 0 Å². The Balaban J connectivity index is 1.83. The van der Waals surface area contributed by atoms with Gasteiger partial charge in [0.1, 0.15) is 5.82 Å². The summed E-state index contributed by atoms with van der Waals surface area (Å²) in [6.45, 7) is 2.50. The van der Waals surface area contributed by atoms with Gasteiger partial charge in [-0.15, -0.1) is 0 Å². The Morgan fingerprint density at radius 2 is 2.30 bits per heavy atom. The number of hydrogen-bond acceptors (Lipinski definition) is 2. The summed E-state index contributed by atoms with van der Waals surface area (Å²) in [5, 5.41) is 9.60. The van der Waals surface area contributed by atoms with Crippen LogP contribution in [0.3, 0.4) is 0 Å². The van der Waals surface area contributed by atoms with Crippen LogP contribution in [0.1, 0.15) is 28.0 Å². The number of aromatic nitrogens is 2. The van der Waals surface area contributed by atoms with Crippen molar-refractivity contribution in [1.82, 2.24) is 15.5 Å². The molecule has 1 amide bonds. The number of rotatable bonds is 5. The highest BCUT2D eigenvalue weighted by Gasteiger charge is 2.10. The molecule has 6 heteroatoms. The van der Waals surface area contributed by atoms with Crippen LogP contribution in [0.4, 0.5) is 4.39 Å². The quantitative estimate of drug-likeness (QED) is 0.822. The van der Waals surface area contributed by atoms with Gasteiger partial charge in [0.05, 0.1) is 11.8 Å². The molecule has 1 aromatic carbocycles. The molecular weight excluding hydrogens is 325 g/mol. The fourth-order valence-electron chi connectivity index (χ4n) is 1.88. The molecule has 4 nitrogen and oxygen atoms in total. The zero-order valence-electron chi connectivity index (χ0n) is 11.0. The van der Waals surface area contributed by atoms with Gasteiger partial charge in [-0.3, -0.25) is 9.89 Å². The van der Waals surface area contributed by atoms with Crippen LogP contribution in [0, 0.1) is 12.7 Å². The zero-order valence-corrected chi connectivity index (χ0v) is 12.6. The summed E-state index contributed by atoms with van der Waals surface area (Å²) in [4.78, 5) is 11.9. The third kappa shape index (κ3) is 3.66. The fourth-order valence-corrected chi connectivity index (χ4v) is 2.30. The van der Waals surface area contributed by atoms with E-state index < -0.39 is 5.82 Å². The second kappa shape index (κ2) is 6.65. The first kappa shape index (κ1) is 14.7. The van der Waals surface area contributed by atoms with Crippen molar-refractivity contribution in [3.8, 4) is 0 Å². The van der Waals surface area contributed by atoms with Gasteiger partial charge in [-0.2, -0.15) is 5.10 Å². The van der Waals surface area contributed by atoms with Crippen LogP contribution < -0.4 is 5.32 Å². The number of nitrogens with zero attached hydrogens (tertiary/aromatic N) is 1. The third-order valence-electron chi connectivity index (χ3n) is 3.02. The van der Waals surface area contributed by atoms with Crippen LogP contribution in [0.2, 0.25) is 0 Å². The Kier molecular flexibility index (Phi) is 4.89. The van der Waals surface area contributed by atoms with Crippen LogP contribution >= 0.6 is 15.9 Å². The van der Waals surface area contributed by atoms with E-state index in [1.54, 1.807) is 6.20 Å². The van der Waals surface area contributed by atoms with Crippen molar-refractivity contribution in [1.29, 1.82) is 0 Å². The fraction of sp³-hybridized carbons (Fsp3) is 0.286. The van der Waals surface area contributed by atoms with E-state index in [-0.39, 0.29) is 5.91 Å². The van der Waals surface area contributed by atoms with Gasteiger partial charge in [0.25, 0.3) is 5.91 Å². The molecular formula is C14H15BrFN3O. The number of hydrogen-bond donors (Lipinski definition) is 2. The van der Waals surface area contributed by atoms with Gasteiger partial charge >= 0.3 is 0 Å². The molecule has 0 atom stereocenters. The molecule has 0 aliphatic heterocycles. The first-order valence-corrected chi connectivity index (χ1v) is 7.09. The normalized spacial score (nSPS) is 10.6. The maximum Gasteiger partial charge on any atom is 0.252 e. The summed E-state index contributed by atoms with van der Waals surface area (Å²) in [7, 11) is 0. The van der Waals surface area contributed by atoms with Gasteiger partial charge in [-0.05, 0) is 59.5 Å². The lowest BCUT2D eigenvalue weighted by molar-refractivity contribution is 0.0952. The third-order valence-corrected chi connectivity index (χ3v) is 3.71. The lowest BCUT2D eigenvalue weighted by Crippen LogP contribution is -2.25. The van der Waals surface area contributed by atoms with Crippen molar-refractivity contribution in [2.24, 2.45) is 0 Å². The van der Waals surface area contributed by atoms with Crippen molar-refractivity contribution in [2.45, 2.75) is 19.8 Å². The Labute approximate surface area is 124 Å². The Morgan fingerprint density at radius 3 is 3.00 bits per heavy atom. The molecule has 0 aliphatic carbocycles. The molecule has 106 valence electrons. The topological polar surface area (TPSA) is 57.8 Å². The second-order valence-corrected chi connectivity index (χ2v) is 5.36. The number of H-pyrrole nitrogens is 1. The van der Waals surface area contributed by atoms with Crippen molar-refractivity contribution in [2.75, 3.05) is 6.54 Å². The number of halogens is 2. The lowest BCUT2D eigenvalue weighted by atomic mass is 10.1. The second-order valence-electron chi connectivity index (χ2n) is 4.50. The van der Waals surface area contributed by atoms with Crippen LogP contribution in [0.25, 0.3) is 0 Å². The minimum absolute atomic E-state index is 0.278. The molecule has 2 N–H and O–H groups in total. The molecule has 0 aliphatic rings. The van der Waals surface area contributed by atoms with Gasteiger partial charge in [-0.25, -0.2) is 4.39 Å². The maximum absolute atomic E-state index is 13.1. The van der Waals surface area contributed by atoms with Gasteiger partial charge in [0.2, 0.25) is 0 Å². The summed E-state index contributed by atoms with van der Waals surface area (Å²) in [6.07, 6.45) is 3.44. The van der Waals surface area contributed by atoms with Crippen LogP contribution in [-0.4, -0.2) is 22.6 Å². The highest BCUT2D eigenvalue weighted by Crippen LogP contribution is 2.17. The molecule has 2 rings (SSSR count). The number of nitrogens with one attached hydrogen (secondary N) is 2. The van der Waals surface area contributed by atoms with Gasteiger partial charge in [0.15, 0.2) is 0 Å². The van der Waals surface area contributed by atoms with E-state index in [1.165, 1.54) is 18.2 Å². The molecule has 0 unspecified atom stereocenters. The maximum atomic E-state index is 13.1. The minimum Gasteiger partial charge on any atom is -0.352 e. The summed E-state index contributed by atoms with van der Waals surface area (Å²) in [6, 6.07) is 4.06. The van der Waals surface area contributed by atoms with E-state index in [0.717, 1.165) is 24.1 Å². The minimum atomic E-state index is -0.424. The number of amides is 1. The number of aryl methyl sites for hydroxylation is 2. The van der Waals surface area contributed by atoms with E-state index in [0.29, 0.717) is 16.6 Å². The van der Waals surface area contributed by atoms with Crippen molar-refractivity contribution >= 4 is 21.8 Å². The molecule has 1 heterocycles. The summed E-state index contributed by atoms with van der Waals surface area (Å²) < 4.78 is 13.7. The molecule has 2 aromatic rings. The van der Waals surface area contributed by atoms with E-state index in [4.69, 9.17) is 0 Å². The molecule has 1 aromatic heterocycles. The molecule has 0 saturated heterocycles. The zero-order chi connectivity index (χ0) is 14.5. The Morgan fingerprint density at radius 1 is 1.50 bits per heavy atom. The Bertz CT molecular complexity index is 612. The molecule has 0 radical (unpaired) electrons. The molecule has 0 fully saturated rings. The number of benzene rings is 1. The summed E-state index contributed by atoms with van der Waals surface area (Å²) >= 11 is 3.24. The van der Waals surface area contributed by atoms with Crippen molar-refractivity contribution < 1.29 is 9.18 Å². The van der Waals surface area contributed by atoms with E-state index in [1.807, 2.05) is 6.92 Å². The molecule has 0 bridgehead atoms. The summed E-state index contributed by atoms with van der Waals surface area (Å²) in [5.74, 6) is -0.701. The number of aromatic amines is 1. The van der Waals surface area contributed by atoms with Crippen molar-refractivity contribution in [3.63, 3.8) is 0 Å². The van der Waals surface area contributed by atoms with E-state index in [2.05, 4.69) is 31.4 Å². The molecule has 20 heavy (non-hydrogen) atoms. The first-order valence-electron chi connectivity index (χ1n) is 6.30. The lowest BCUT2D eigenvalue weighted by Gasteiger charge is -2.07. The van der Waals surface area contributed by atoms with Gasteiger partial charge in [0, 0.05) is 16.7 Å². The van der Waals surface area contributed by atoms with Gasteiger partial charge in [-0.1, -0.05) is 0 Å².